The molecule has 0 saturated carbocycles. The first-order valence-electron chi connectivity index (χ1n) is 9.88. The van der Waals surface area contributed by atoms with Crippen LogP contribution in [0.3, 0.4) is 0 Å². The molecule has 1 aliphatic rings. The summed E-state index contributed by atoms with van der Waals surface area (Å²) in [6, 6.07) is 3.96. The summed E-state index contributed by atoms with van der Waals surface area (Å²) in [6.45, 7) is 5.35. The molecule has 1 N–H and O–H groups in total. The first kappa shape index (κ1) is 20.2. The molecule has 0 aliphatic carbocycles. The van der Waals surface area contributed by atoms with Gasteiger partial charge in [0, 0.05) is 54.8 Å². The van der Waals surface area contributed by atoms with E-state index in [1.165, 1.54) is 6.33 Å². The lowest BCUT2D eigenvalue weighted by atomic mass is 10.1. The van der Waals surface area contributed by atoms with Crippen molar-refractivity contribution < 1.29 is 9.59 Å². The van der Waals surface area contributed by atoms with E-state index in [1.54, 1.807) is 11.3 Å². The molecular formula is C21H24N6O2S. The van der Waals surface area contributed by atoms with Crippen molar-refractivity contribution >= 4 is 23.2 Å². The van der Waals surface area contributed by atoms with Gasteiger partial charge in [0.2, 0.25) is 0 Å². The number of carbonyl (C=O) groups excluding carboxylic acids is 2. The average Bonchev–Trinajstić information content (AvgIpc) is 3.30. The number of thiophene rings is 1. The van der Waals surface area contributed by atoms with Gasteiger partial charge in [-0.2, -0.15) is 0 Å². The minimum absolute atomic E-state index is 0.0836. The van der Waals surface area contributed by atoms with Crippen molar-refractivity contribution in [2.75, 3.05) is 13.1 Å². The Morgan fingerprint density at radius 3 is 2.77 bits per heavy atom. The Morgan fingerprint density at radius 2 is 2.00 bits per heavy atom. The van der Waals surface area contributed by atoms with E-state index in [4.69, 9.17) is 0 Å². The van der Waals surface area contributed by atoms with Crippen LogP contribution in [0.1, 0.15) is 48.6 Å². The highest BCUT2D eigenvalue weighted by Crippen LogP contribution is 2.19. The van der Waals surface area contributed by atoms with E-state index in [9.17, 15) is 9.59 Å². The first-order chi connectivity index (χ1) is 14.5. The maximum atomic E-state index is 13.0. The largest absolute Gasteiger partial charge is 0.344 e. The van der Waals surface area contributed by atoms with Crippen molar-refractivity contribution in [1.82, 2.24) is 29.7 Å². The number of carbonyl (C=O) groups is 2. The number of imidazole rings is 1. The van der Waals surface area contributed by atoms with Gasteiger partial charge in [0.25, 0.3) is 11.8 Å². The van der Waals surface area contributed by atoms with Gasteiger partial charge in [-0.05, 0) is 25.3 Å². The van der Waals surface area contributed by atoms with E-state index >= 15 is 0 Å². The molecule has 3 aromatic rings. The molecule has 0 bridgehead atoms. The fraction of sp³-hybridized carbons (Fsp3) is 0.381. The van der Waals surface area contributed by atoms with E-state index in [0.717, 1.165) is 27.5 Å². The third-order valence-electron chi connectivity index (χ3n) is 5.57. The minimum atomic E-state index is -0.181. The monoisotopic (exact) mass is 424 g/mol. The van der Waals surface area contributed by atoms with Gasteiger partial charge in [-0.25, -0.2) is 15.0 Å². The Morgan fingerprint density at radius 1 is 1.20 bits per heavy atom. The molecule has 0 radical (unpaired) electrons. The molecule has 0 aromatic carbocycles. The number of hydrogen-bond acceptors (Lipinski definition) is 6. The second-order valence-electron chi connectivity index (χ2n) is 7.37. The Labute approximate surface area is 179 Å². The number of nitrogens with zero attached hydrogens (tertiary/aromatic N) is 5. The summed E-state index contributed by atoms with van der Waals surface area (Å²) in [5.74, 6) is 0.150. The summed E-state index contributed by atoms with van der Waals surface area (Å²) < 4.78 is 1.85. The third-order valence-corrected chi connectivity index (χ3v) is 6.44. The van der Waals surface area contributed by atoms with E-state index in [2.05, 4.69) is 20.3 Å². The Bertz CT molecular complexity index is 1090. The highest BCUT2D eigenvalue weighted by atomic mass is 32.1. The number of amides is 2. The van der Waals surface area contributed by atoms with Crippen LogP contribution in [0, 0.1) is 13.8 Å². The highest BCUT2D eigenvalue weighted by Gasteiger charge is 2.27. The summed E-state index contributed by atoms with van der Waals surface area (Å²) in [4.78, 5) is 41.5. The van der Waals surface area contributed by atoms with Gasteiger partial charge in [0.1, 0.15) is 12.0 Å². The van der Waals surface area contributed by atoms with E-state index in [-0.39, 0.29) is 11.8 Å². The lowest BCUT2D eigenvalue weighted by Gasteiger charge is -2.21. The Kier molecular flexibility index (Phi) is 5.63. The molecule has 9 heteroatoms. The maximum absolute atomic E-state index is 13.0. The number of aryl methyl sites for hydroxylation is 1. The van der Waals surface area contributed by atoms with Gasteiger partial charge < -0.3 is 14.8 Å². The Balaban J connectivity index is 1.46. The van der Waals surface area contributed by atoms with Gasteiger partial charge in [-0.15, -0.1) is 11.3 Å². The minimum Gasteiger partial charge on any atom is -0.344 e. The fourth-order valence-electron chi connectivity index (χ4n) is 3.66. The second-order valence-corrected chi connectivity index (χ2v) is 8.41. The van der Waals surface area contributed by atoms with Crippen LogP contribution >= 0.6 is 11.3 Å². The van der Waals surface area contributed by atoms with Gasteiger partial charge >= 0.3 is 0 Å². The van der Waals surface area contributed by atoms with Crippen molar-refractivity contribution in [2.45, 2.75) is 33.2 Å². The molecule has 4 rings (SSSR count). The first-order valence-corrected chi connectivity index (χ1v) is 10.8. The van der Waals surface area contributed by atoms with Crippen molar-refractivity contribution in [1.29, 1.82) is 0 Å². The summed E-state index contributed by atoms with van der Waals surface area (Å²) in [5.41, 5.74) is 3.96. The van der Waals surface area contributed by atoms with Crippen LogP contribution in [0.4, 0.5) is 0 Å². The van der Waals surface area contributed by atoms with E-state index < -0.39 is 0 Å². The maximum Gasteiger partial charge on any atom is 0.287 e. The zero-order chi connectivity index (χ0) is 21.3. The highest BCUT2D eigenvalue weighted by molar-refractivity contribution is 7.09. The zero-order valence-corrected chi connectivity index (χ0v) is 18.1. The smallest absolute Gasteiger partial charge is 0.287 e. The van der Waals surface area contributed by atoms with Crippen LogP contribution in [0.25, 0.3) is 0 Å². The summed E-state index contributed by atoms with van der Waals surface area (Å²) in [7, 11) is 1.86. The van der Waals surface area contributed by atoms with Gasteiger partial charge in [0.05, 0.1) is 12.2 Å². The van der Waals surface area contributed by atoms with Crippen molar-refractivity contribution in [3.8, 4) is 0 Å². The molecule has 156 valence electrons. The number of hydrogen-bond donors (Lipinski definition) is 1. The molecule has 0 spiro atoms. The third kappa shape index (κ3) is 3.85. The van der Waals surface area contributed by atoms with Crippen LogP contribution in [0.2, 0.25) is 0 Å². The predicted octanol–water partition coefficient (Wildman–Crippen LogP) is 2.06. The lowest BCUT2D eigenvalue weighted by Crippen LogP contribution is -2.35. The number of rotatable bonds is 4. The van der Waals surface area contributed by atoms with Gasteiger partial charge in [0.15, 0.2) is 5.82 Å². The molecule has 0 fully saturated rings. The normalized spacial score (nSPS) is 13.6. The summed E-state index contributed by atoms with van der Waals surface area (Å²) in [5, 5.41) is 4.92. The molecule has 3 aromatic heterocycles. The van der Waals surface area contributed by atoms with E-state index in [0.29, 0.717) is 44.0 Å². The van der Waals surface area contributed by atoms with Crippen LogP contribution in [-0.2, 0) is 26.4 Å². The van der Waals surface area contributed by atoms with Gasteiger partial charge in [-0.1, -0.05) is 6.07 Å². The fourth-order valence-corrected chi connectivity index (χ4v) is 4.31. The van der Waals surface area contributed by atoms with Crippen LogP contribution < -0.4 is 5.32 Å². The summed E-state index contributed by atoms with van der Waals surface area (Å²) in [6.07, 6.45) is 2.69. The zero-order valence-electron chi connectivity index (χ0n) is 17.3. The quantitative estimate of drug-likeness (QED) is 0.692. The number of nitrogens with one attached hydrogen (secondary N) is 1. The van der Waals surface area contributed by atoms with Crippen molar-refractivity contribution in [3.63, 3.8) is 0 Å². The molecule has 0 saturated heterocycles. The van der Waals surface area contributed by atoms with E-state index in [1.807, 2.05) is 47.9 Å². The molecule has 30 heavy (non-hydrogen) atoms. The number of fused-ring (bicyclic) bond motifs is 1. The molecule has 4 heterocycles. The molecule has 0 unspecified atom stereocenters. The van der Waals surface area contributed by atoms with Crippen molar-refractivity contribution in [2.24, 2.45) is 7.05 Å². The SMILES string of the molecule is Cc1ncnc(C(=O)N2CCc3nc(C(=O)NCc4cccs4)n(C)c3CC2)c1C. The molecule has 8 nitrogen and oxygen atoms in total. The van der Waals surface area contributed by atoms with Crippen LogP contribution in [0.15, 0.2) is 23.8 Å². The predicted molar refractivity (Wildman–Crippen MR) is 114 cm³/mol. The standard InChI is InChI=1S/C21H24N6O2S/c1-13-14(2)23-12-24-18(13)21(29)27-8-6-16-17(7-9-27)26(3)19(25-16)20(28)22-11-15-5-4-10-30-15/h4-5,10,12H,6-9,11H2,1-3H3,(H,22,28). The molecule has 2 amide bonds. The Hall–Kier alpha value is -3.07. The lowest BCUT2D eigenvalue weighted by molar-refractivity contribution is 0.0754. The van der Waals surface area contributed by atoms with Crippen LogP contribution in [0.5, 0.6) is 0 Å². The van der Waals surface area contributed by atoms with Crippen molar-refractivity contribution in [3.05, 3.63) is 62.9 Å². The van der Waals surface area contributed by atoms with Crippen LogP contribution in [-0.4, -0.2) is 49.3 Å². The molecular weight excluding hydrogens is 400 g/mol. The summed E-state index contributed by atoms with van der Waals surface area (Å²) >= 11 is 1.61. The topological polar surface area (TPSA) is 93.0 Å². The second kappa shape index (κ2) is 8.35. The molecule has 0 atom stereocenters. The van der Waals surface area contributed by atoms with Gasteiger partial charge in [-0.3, -0.25) is 9.59 Å². The average molecular weight is 425 g/mol. The molecule has 1 aliphatic heterocycles. The number of aromatic nitrogens is 4.